The molecule has 2 aromatic carbocycles. The maximum absolute atomic E-state index is 14.8. The van der Waals surface area contributed by atoms with E-state index in [0.717, 1.165) is 49.5 Å². The van der Waals surface area contributed by atoms with Crippen molar-refractivity contribution in [3.63, 3.8) is 0 Å². The van der Waals surface area contributed by atoms with E-state index >= 15 is 0 Å². The Hall–Kier alpha value is -5.44. The van der Waals surface area contributed by atoms with Crippen LogP contribution in [0.25, 0.3) is 16.6 Å². The Labute approximate surface area is 305 Å². The summed E-state index contributed by atoms with van der Waals surface area (Å²) in [6.45, 7) is 4.37. The molecule has 3 fully saturated rings. The number of nitrogens with zero attached hydrogens (tertiary/aromatic N) is 6. The van der Waals surface area contributed by atoms with Gasteiger partial charge in [0.05, 0.1) is 36.5 Å². The number of halogens is 2. The number of benzene rings is 2. The number of nitrogens with one attached hydrogen (secondary N) is 3. The van der Waals surface area contributed by atoms with Crippen LogP contribution in [-0.2, 0) is 9.59 Å². The van der Waals surface area contributed by atoms with Gasteiger partial charge in [0.2, 0.25) is 11.8 Å². The molecular weight excluding hydrogens is 684 g/mol. The van der Waals surface area contributed by atoms with Gasteiger partial charge in [-0.3, -0.25) is 29.7 Å². The summed E-state index contributed by atoms with van der Waals surface area (Å²) in [6, 6.07) is 9.72. The molecule has 1 aliphatic carbocycles. The van der Waals surface area contributed by atoms with E-state index < -0.39 is 29.4 Å². The maximum atomic E-state index is 14.8. The molecule has 2 aliphatic heterocycles. The van der Waals surface area contributed by atoms with Gasteiger partial charge in [-0.05, 0) is 55.6 Å². The molecule has 13 nitrogen and oxygen atoms in total. The van der Waals surface area contributed by atoms with Crippen LogP contribution < -0.4 is 20.3 Å². The second-order valence-electron chi connectivity index (χ2n) is 13.8. The van der Waals surface area contributed by atoms with Gasteiger partial charge in [-0.25, -0.2) is 13.8 Å². The molecule has 278 valence electrons. The molecule has 8 rings (SSSR count). The number of hydrogen-bond donors (Lipinski definition) is 3. The lowest BCUT2D eigenvalue weighted by Gasteiger charge is -2.37. The molecular formula is C38H43F2N9O4. The highest BCUT2D eigenvalue weighted by atomic mass is 19.1. The first-order valence-corrected chi connectivity index (χ1v) is 18.2. The third kappa shape index (κ3) is 8.14. The Balaban J connectivity index is 0.000000170. The van der Waals surface area contributed by atoms with E-state index in [2.05, 4.69) is 35.8 Å². The summed E-state index contributed by atoms with van der Waals surface area (Å²) in [5.74, 6) is -1.89. The van der Waals surface area contributed by atoms with Crippen LogP contribution in [0.3, 0.4) is 0 Å². The number of H-pyrrole nitrogens is 1. The lowest BCUT2D eigenvalue weighted by Crippen LogP contribution is -2.47. The molecule has 3 N–H and O–H groups in total. The fraction of sp³-hybridized carbons (Fsp3) is 0.421. The van der Waals surface area contributed by atoms with E-state index in [-0.39, 0.29) is 24.3 Å². The molecule has 3 amide bonds. The Morgan fingerprint density at radius 3 is 2.51 bits per heavy atom. The number of hydrogen-bond acceptors (Lipinski definition) is 9. The zero-order valence-corrected chi connectivity index (χ0v) is 29.6. The number of anilines is 2. The Bertz CT molecular complexity index is 2080. The quantitative estimate of drug-likeness (QED) is 0.178. The van der Waals surface area contributed by atoms with E-state index in [1.807, 2.05) is 4.90 Å². The Morgan fingerprint density at radius 2 is 1.77 bits per heavy atom. The predicted molar refractivity (Wildman–Crippen MR) is 195 cm³/mol. The first kappa shape index (κ1) is 35.9. The topological polar surface area (TPSA) is 150 Å². The molecule has 1 atom stereocenters. The molecule has 5 heterocycles. The number of ether oxygens (including phenoxy) is 1. The number of carbonyl (C=O) groups is 3. The van der Waals surface area contributed by atoms with Crippen molar-refractivity contribution in [1.29, 1.82) is 0 Å². The molecule has 1 saturated carbocycles. The summed E-state index contributed by atoms with van der Waals surface area (Å²) in [6.07, 6.45) is 13.2. The van der Waals surface area contributed by atoms with Gasteiger partial charge in [-0.1, -0.05) is 32.1 Å². The number of aromatic nitrogens is 5. The highest BCUT2D eigenvalue weighted by Gasteiger charge is 2.33. The third-order valence-electron chi connectivity index (χ3n) is 10.5. The van der Waals surface area contributed by atoms with Gasteiger partial charge in [0.15, 0.2) is 11.5 Å². The van der Waals surface area contributed by atoms with Crippen LogP contribution in [0.1, 0.15) is 73.2 Å². The zero-order chi connectivity index (χ0) is 36.9. The van der Waals surface area contributed by atoms with Gasteiger partial charge in [-0.2, -0.15) is 14.7 Å². The number of piperidine rings is 1. The Morgan fingerprint density at radius 1 is 1.00 bits per heavy atom. The normalized spacial score (nSPS) is 18.5. The van der Waals surface area contributed by atoms with Crippen molar-refractivity contribution in [3.05, 3.63) is 77.8 Å². The summed E-state index contributed by atoms with van der Waals surface area (Å²) in [5.41, 5.74) is 2.16. The van der Waals surface area contributed by atoms with E-state index in [4.69, 9.17) is 4.74 Å². The number of imidazole rings is 1. The van der Waals surface area contributed by atoms with Crippen molar-refractivity contribution in [2.75, 3.05) is 50.1 Å². The molecule has 3 aromatic heterocycles. The van der Waals surface area contributed by atoms with Crippen LogP contribution in [0.5, 0.6) is 5.75 Å². The number of methoxy groups -OCH3 is 1. The number of imide groups is 1. The summed E-state index contributed by atoms with van der Waals surface area (Å²) in [5, 5.41) is 16.8. The number of fused-ring (bicyclic) bond motifs is 2. The number of rotatable bonds is 8. The number of amides is 3. The molecule has 0 radical (unpaired) electrons. The van der Waals surface area contributed by atoms with Crippen molar-refractivity contribution >= 4 is 45.8 Å². The van der Waals surface area contributed by atoms with Gasteiger partial charge in [-0.15, -0.1) is 0 Å². The van der Waals surface area contributed by atoms with Crippen LogP contribution in [0.4, 0.5) is 20.3 Å². The van der Waals surface area contributed by atoms with Crippen molar-refractivity contribution < 1.29 is 27.9 Å². The van der Waals surface area contributed by atoms with Crippen molar-refractivity contribution in [1.82, 2.24) is 35.0 Å². The fourth-order valence-electron chi connectivity index (χ4n) is 7.54. The molecule has 53 heavy (non-hydrogen) atoms. The van der Waals surface area contributed by atoms with Gasteiger partial charge < -0.3 is 15.0 Å². The van der Waals surface area contributed by atoms with Crippen LogP contribution in [0.2, 0.25) is 0 Å². The molecule has 0 spiro atoms. The summed E-state index contributed by atoms with van der Waals surface area (Å²) >= 11 is 0. The van der Waals surface area contributed by atoms with E-state index in [0.29, 0.717) is 28.5 Å². The SMILES string of the molecule is COc1cc2[nH]ncc2cc1C(=O)Nc1cnc2cccnn12.O=C1CCC(c2c(F)cc(N3CCN(CCC4CCCCC4)CC3)cc2F)C(=O)N1. The van der Waals surface area contributed by atoms with Crippen LogP contribution >= 0.6 is 0 Å². The summed E-state index contributed by atoms with van der Waals surface area (Å²) < 4.78 is 36.4. The number of carbonyl (C=O) groups excluding carboxylic acids is 3. The monoisotopic (exact) mass is 727 g/mol. The van der Waals surface area contributed by atoms with Crippen LogP contribution in [0.15, 0.2) is 55.0 Å². The summed E-state index contributed by atoms with van der Waals surface area (Å²) in [4.78, 5) is 44.6. The first-order valence-electron chi connectivity index (χ1n) is 18.2. The smallest absolute Gasteiger partial charge is 0.260 e. The standard InChI is InChI=1S/C23H31F2N3O2.C15H12N6O2/c24-19-14-17(15-20(25)22(19)18-6-7-21(29)26-23(18)30)28-12-10-27(11-13-28)9-8-16-4-2-1-3-5-16;1-23-12-6-11-9(7-17-20-11)5-10(12)15(22)19-14-8-16-13-3-2-4-18-21(13)14/h14-16,18H,1-13H2,(H,26,29,30);2-8H,1H3,(H,17,20)(H,19,22). The van der Waals surface area contributed by atoms with Gasteiger partial charge in [0.25, 0.3) is 5.91 Å². The van der Waals surface area contributed by atoms with Crippen LogP contribution in [0, 0.1) is 17.6 Å². The zero-order valence-electron chi connectivity index (χ0n) is 29.6. The van der Waals surface area contributed by atoms with Gasteiger partial charge in [0.1, 0.15) is 17.4 Å². The minimum absolute atomic E-state index is 0.0971. The number of piperazine rings is 1. The van der Waals surface area contributed by atoms with E-state index in [1.54, 1.807) is 47.4 Å². The third-order valence-corrected chi connectivity index (χ3v) is 10.5. The minimum Gasteiger partial charge on any atom is -0.496 e. The molecule has 0 bridgehead atoms. The summed E-state index contributed by atoms with van der Waals surface area (Å²) in [7, 11) is 1.52. The second kappa shape index (κ2) is 16.1. The van der Waals surface area contributed by atoms with E-state index in [9.17, 15) is 23.2 Å². The van der Waals surface area contributed by atoms with Crippen molar-refractivity contribution in [3.8, 4) is 5.75 Å². The van der Waals surface area contributed by atoms with E-state index in [1.165, 1.54) is 57.8 Å². The fourth-order valence-corrected chi connectivity index (χ4v) is 7.54. The maximum Gasteiger partial charge on any atom is 0.260 e. The number of aromatic amines is 1. The van der Waals surface area contributed by atoms with Crippen molar-refractivity contribution in [2.24, 2.45) is 5.92 Å². The van der Waals surface area contributed by atoms with Gasteiger partial charge >= 0.3 is 0 Å². The molecule has 15 heteroatoms. The van der Waals surface area contributed by atoms with Crippen molar-refractivity contribution in [2.45, 2.75) is 57.3 Å². The lowest BCUT2D eigenvalue weighted by atomic mass is 9.87. The molecule has 3 aliphatic rings. The molecule has 1 unspecified atom stereocenters. The molecule has 5 aromatic rings. The first-order chi connectivity index (χ1) is 25.8. The largest absolute Gasteiger partial charge is 0.496 e. The Kier molecular flexibility index (Phi) is 10.9. The molecule has 2 saturated heterocycles. The average molecular weight is 728 g/mol. The highest BCUT2D eigenvalue weighted by molar-refractivity contribution is 6.08. The minimum atomic E-state index is -0.951. The predicted octanol–water partition coefficient (Wildman–Crippen LogP) is 5.44. The second-order valence-corrected chi connectivity index (χ2v) is 13.8. The lowest BCUT2D eigenvalue weighted by molar-refractivity contribution is -0.134. The average Bonchev–Trinajstić information content (AvgIpc) is 3.81. The van der Waals surface area contributed by atoms with Gasteiger partial charge in [0, 0.05) is 61.5 Å². The highest BCUT2D eigenvalue weighted by Crippen LogP contribution is 2.33. The van der Waals surface area contributed by atoms with Crippen LogP contribution in [-0.4, -0.2) is 87.3 Å².